The predicted molar refractivity (Wildman–Crippen MR) is 199 cm³/mol. The minimum Gasteiger partial charge on any atom is -0.748 e. The van der Waals surface area contributed by atoms with Crippen molar-refractivity contribution in [2.24, 2.45) is 34.5 Å². The number of hydrogen-bond acceptors (Lipinski definition) is 12. The molecule has 0 aromatic carbocycles. The van der Waals surface area contributed by atoms with E-state index < -0.39 is 20.2 Å². The minimum absolute atomic E-state index is 0.00234. The molecule has 0 amide bonds. The van der Waals surface area contributed by atoms with Crippen LogP contribution >= 0.6 is 0 Å². The second kappa shape index (κ2) is 16.2. The molecule has 53 heavy (non-hydrogen) atoms. The Balaban J connectivity index is 0.000000556. The van der Waals surface area contributed by atoms with Crippen molar-refractivity contribution in [2.75, 3.05) is 93.1 Å². The molecule has 0 bridgehead atoms. The third kappa shape index (κ3) is 11.4. The summed E-state index contributed by atoms with van der Waals surface area (Å²) in [7, 11) is 1.53. The maximum absolute atomic E-state index is 12.5. The van der Waals surface area contributed by atoms with Gasteiger partial charge in [-0.3, -0.25) is 19.4 Å². The van der Waals surface area contributed by atoms with Crippen LogP contribution < -0.4 is 0 Å². The highest BCUT2D eigenvalue weighted by Crippen LogP contribution is 2.67. The predicted octanol–water partition coefficient (Wildman–Crippen LogP) is 1.96. The van der Waals surface area contributed by atoms with E-state index >= 15 is 0 Å². The molecule has 0 N–H and O–H groups in total. The van der Waals surface area contributed by atoms with Crippen molar-refractivity contribution >= 4 is 32.2 Å². The van der Waals surface area contributed by atoms with Crippen molar-refractivity contribution in [1.29, 1.82) is 0 Å². The van der Waals surface area contributed by atoms with Crippen LogP contribution in [0.15, 0.2) is 0 Å². The van der Waals surface area contributed by atoms with Gasteiger partial charge in [-0.25, -0.2) is 16.8 Å². The smallest absolute Gasteiger partial charge is 0.302 e. The Morgan fingerprint density at radius 1 is 0.679 bits per heavy atom. The van der Waals surface area contributed by atoms with E-state index in [4.69, 9.17) is 35.4 Å². The molecular formula is C37H68N4O10S2. The Morgan fingerprint density at radius 3 is 1.58 bits per heavy atom. The largest absolute Gasteiger partial charge is 0.748 e. The number of carbonyl (C=O) groups is 2. The fourth-order valence-corrected chi connectivity index (χ4v) is 11.4. The molecule has 308 valence electrons. The van der Waals surface area contributed by atoms with E-state index in [0.717, 1.165) is 80.6 Å². The number of piperazine rings is 2. The number of ether oxygens (including phenoxy) is 2. The molecule has 6 aliphatic rings. The molecule has 16 heteroatoms. The van der Waals surface area contributed by atoms with Gasteiger partial charge in [0.25, 0.3) is 0 Å². The van der Waals surface area contributed by atoms with Crippen molar-refractivity contribution in [3.05, 3.63) is 0 Å². The molecule has 14 nitrogen and oxygen atoms in total. The van der Waals surface area contributed by atoms with Gasteiger partial charge in [-0.05, 0) is 74.0 Å². The van der Waals surface area contributed by atoms with Crippen LogP contribution in [0.1, 0.15) is 72.6 Å². The van der Waals surface area contributed by atoms with Gasteiger partial charge in [0.15, 0.2) is 0 Å². The van der Waals surface area contributed by atoms with Crippen molar-refractivity contribution in [1.82, 2.24) is 9.80 Å². The maximum atomic E-state index is 12.5. The first-order valence-corrected chi connectivity index (χ1v) is 23.0. The van der Waals surface area contributed by atoms with Crippen LogP contribution in [0.4, 0.5) is 0 Å². The molecule has 6 fully saturated rings. The Labute approximate surface area is 319 Å². The summed E-state index contributed by atoms with van der Waals surface area (Å²) in [5, 5.41) is 0. The summed E-state index contributed by atoms with van der Waals surface area (Å²) in [6.45, 7) is 17.3. The quantitative estimate of drug-likeness (QED) is 0.231. The average molecular weight is 793 g/mol. The van der Waals surface area contributed by atoms with Crippen LogP contribution in [0.2, 0.25) is 0 Å². The Kier molecular flexibility index (Phi) is 13.6. The summed E-state index contributed by atoms with van der Waals surface area (Å²) in [4.78, 5) is 30.2. The number of carbonyl (C=O) groups excluding carboxylic acids is 2. The summed E-state index contributed by atoms with van der Waals surface area (Å²) >= 11 is 0. The Bertz CT molecular complexity index is 1470. The monoisotopic (exact) mass is 792 g/mol. The van der Waals surface area contributed by atoms with Gasteiger partial charge in [0.05, 0.1) is 74.6 Å². The lowest BCUT2D eigenvalue weighted by atomic mass is 9.44. The molecule has 4 saturated carbocycles. The zero-order chi connectivity index (χ0) is 39.9. The summed E-state index contributed by atoms with van der Waals surface area (Å²) < 4.78 is 69.1. The highest BCUT2D eigenvalue weighted by atomic mass is 32.2. The van der Waals surface area contributed by atoms with E-state index in [0.29, 0.717) is 48.3 Å². The number of hydrogen-bond donors (Lipinski definition) is 0. The molecule has 4 unspecified atom stereocenters. The van der Waals surface area contributed by atoms with Gasteiger partial charge in [-0.15, -0.1) is 0 Å². The van der Waals surface area contributed by atoms with E-state index in [1.54, 1.807) is 13.8 Å². The zero-order valence-corrected chi connectivity index (χ0v) is 35.5. The molecule has 0 aromatic rings. The first-order chi connectivity index (χ1) is 24.1. The molecule has 2 heterocycles. The van der Waals surface area contributed by atoms with Crippen LogP contribution in [-0.4, -0.2) is 174 Å². The summed E-state index contributed by atoms with van der Waals surface area (Å²) in [5.41, 5.74) is 0.308. The SMILES string of the molecule is CC(=O)O[C@@H]1[C@H](N2CC[N+](C)(C)CC2)CC2C3CCC4C[C@@H](OC(C)=O)[C@H](N5CC[N+](C)(C)CC5)C[C@]4(C)C3CC[C@@]21C.CS(=O)(=O)[O-].CS(=O)(=O)[O-]. The topological polar surface area (TPSA) is 173 Å². The highest BCUT2D eigenvalue weighted by molar-refractivity contribution is 7.85. The van der Waals surface area contributed by atoms with Crippen LogP contribution in [0, 0.1) is 34.5 Å². The number of quaternary nitrogens is 2. The molecule has 0 radical (unpaired) electrons. The van der Waals surface area contributed by atoms with Crippen LogP contribution in [0.25, 0.3) is 0 Å². The molecule has 6 rings (SSSR count). The number of rotatable bonds is 4. The van der Waals surface area contributed by atoms with E-state index in [2.05, 4.69) is 51.8 Å². The van der Waals surface area contributed by atoms with Gasteiger partial charge in [-0.2, -0.15) is 0 Å². The lowest BCUT2D eigenvalue weighted by molar-refractivity contribution is -0.894. The summed E-state index contributed by atoms with van der Waals surface area (Å²) in [6.07, 6.45) is 9.43. The molecular weight excluding hydrogens is 725 g/mol. The van der Waals surface area contributed by atoms with Crippen LogP contribution in [-0.2, 0) is 39.3 Å². The third-order valence-corrected chi connectivity index (χ3v) is 14.1. The van der Waals surface area contributed by atoms with Gasteiger partial charge in [-0.1, -0.05) is 13.8 Å². The van der Waals surface area contributed by atoms with Crippen molar-refractivity contribution < 1.29 is 54.0 Å². The standard InChI is InChI=1S/C35H62N4O4.2CH4O3S/c1-24(40)42-32-21-26-9-10-27-28(35(26,4)23-31(32)37-15-19-39(7,8)20-16-37)11-12-34(3)29(27)22-30(33(34)43-25(2)41)36-13-17-38(5,6)18-14-36;2*1-5(2,3)4/h26-33H,9-23H2,1-8H3;2*1H3,(H,2,3,4)/q+2;;/p-2/t26?,27?,28?,29?,30-,31-,32-,33-,34+,35+;;/m1../s1. The average Bonchev–Trinajstić information content (AvgIpc) is 3.27. The van der Waals surface area contributed by atoms with E-state index in [1.165, 1.54) is 25.7 Å². The second-order valence-electron chi connectivity index (χ2n) is 18.9. The normalized spacial score (nSPS) is 39.7. The van der Waals surface area contributed by atoms with Gasteiger partial charge in [0, 0.05) is 70.0 Å². The fraction of sp³-hybridized carbons (Fsp3) is 0.946. The van der Waals surface area contributed by atoms with Gasteiger partial charge in [0.2, 0.25) is 0 Å². The van der Waals surface area contributed by atoms with Crippen molar-refractivity contribution in [3.63, 3.8) is 0 Å². The van der Waals surface area contributed by atoms with Crippen molar-refractivity contribution in [2.45, 2.75) is 96.9 Å². The minimum atomic E-state index is -3.92. The lowest BCUT2D eigenvalue weighted by Crippen LogP contribution is -2.64. The molecule has 4 aliphatic carbocycles. The number of fused-ring (bicyclic) bond motifs is 5. The van der Waals surface area contributed by atoms with E-state index in [9.17, 15) is 9.59 Å². The highest BCUT2D eigenvalue weighted by Gasteiger charge is 2.65. The van der Waals surface area contributed by atoms with Gasteiger partial charge >= 0.3 is 11.9 Å². The molecule has 0 spiro atoms. The Morgan fingerprint density at radius 2 is 1.13 bits per heavy atom. The Hall–Kier alpha value is -1.40. The van der Waals surface area contributed by atoms with Gasteiger partial charge in [0.1, 0.15) is 12.2 Å². The molecule has 10 atom stereocenters. The number of likely N-dealkylation sites (N-methyl/N-ethyl adjacent to an activating group) is 2. The number of esters is 2. The first kappa shape index (κ1) is 44.3. The summed E-state index contributed by atoms with van der Waals surface area (Å²) in [5.74, 6) is 2.35. The van der Waals surface area contributed by atoms with Crippen LogP contribution in [0.5, 0.6) is 0 Å². The van der Waals surface area contributed by atoms with Gasteiger partial charge < -0.3 is 27.5 Å². The first-order valence-electron chi connectivity index (χ1n) is 19.4. The molecule has 2 aliphatic heterocycles. The van der Waals surface area contributed by atoms with Crippen LogP contribution in [0.3, 0.4) is 0 Å². The molecule has 0 aromatic heterocycles. The third-order valence-electron chi connectivity index (χ3n) is 14.1. The van der Waals surface area contributed by atoms with Crippen molar-refractivity contribution in [3.8, 4) is 0 Å². The van der Waals surface area contributed by atoms with E-state index in [1.807, 2.05) is 0 Å². The zero-order valence-electron chi connectivity index (χ0n) is 33.9. The number of nitrogens with zero attached hydrogens (tertiary/aromatic N) is 4. The maximum Gasteiger partial charge on any atom is 0.302 e. The fourth-order valence-electron chi connectivity index (χ4n) is 11.4. The lowest BCUT2D eigenvalue weighted by Gasteiger charge is -2.62. The van der Waals surface area contributed by atoms with E-state index in [-0.39, 0.29) is 35.0 Å². The second-order valence-corrected chi connectivity index (χ2v) is 21.8. The summed E-state index contributed by atoms with van der Waals surface area (Å²) in [6, 6.07) is 0.656. The molecule has 2 saturated heterocycles.